The van der Waals surface area contributed by atoms with Crippen LogP contribution in [0.2, 0.25) is 0 Å². The molecule has 0 bridgehead atoms. The summed E-state index contributed by atoms with van der Waals surface area (Å²) in [6.45, 7) is 0.481. The molecule has 1 aromatic carbocycles. The van der Waals surface area contributed by atoms with Crippen LogP contribution < -0.4 is 10.6 Å². The molecule has 5 heteroatoms. The van der Waals surface area contributed by atoms with E-state index in [0.29, 0.717) is 17.2 Å². The number of nitrogens with zero attached hydrogens (tertiary/aromatic N) is 1. The largest absolute Gasteiger partial charge is 0.357 e. The van der Waals surface area contributed by atoms with E-state index >= 15 is 0 Å². The summed E-state index contributed by atoms with van der Waals surface area (Å²) in [6, 6.07) is 14.6. The van der Waals surface area contributed by atoms with E-state index < -0.39 is 0 Å². The van der Waals surface area contributed by atoms with Gasteiger partial charge < -0.3 is 5.32 Å². The molecule has 0 spiro atoms. The number of benzene rings is 1. The first kappa shape index (κ1) is 13.2. The van der Waals surface area contributed by atoms with Gasteiger partial charge in [-0.25, -0.2) is 0 Å². The first-order valence-corrected chi connectivity index (χ1v) is 6.20. The second-order valence-electron chi connectivity index (χ2n) is 3.82. The molecule has 0 aliphatic carbocycles. The number of hydrogen-bond acceptors (Lipinski definition) is 3. The van der Waals surface area contributed by atoms with Crippen LogP contribution in [0.25, 0.3) is 0 Å². The second-order valence-corrected chi connectivity index (χ2v) is 4.23. The Bertz CT molecular complexity index is 557. The highest BCUT2D eigenvalue weighted by molar-refractivity contribution is 7.80. The fourth-order valence-electron chi connectivity index (χ4n) is 1.48. The summed E-state index contributed by atoms with van der Waals surface area (Å²) >= 11 is 5.06. The number of pyridine rings is 1. The predicted molar refractivity (Wildman–Crippen MR) is 77.6 cm³/mol. The summed E-state index contributed by atoms with van der Waals surface area (Å²) in [5.41, 5.74) is 1.43. The van der Waals surface area contributed by atoms with Crippen molar-refractivity contribution in [2.45, 2.75) is 6.54 Å². The van der Waals surface area contributed by atoms with Gasteiger partial charge in [0.1, 0.15) is 0 Å². The minimum Gasteiger partial charge on any atom is -0.357 e. The fourth-order valence-corrected chi connectivity index (χ4v) is 1.65. The van der Waals surface area contributed by atoms with Crippen LogP contribution >= 0.6 is 12.2 Å². The van der Waals surface area contributed by atoms with E-state index in [2.05, 4.69) is 15.6 Å². The quantitative estimate of drug-likeness (QED) is 0.837. The Kier molecular flexibility index (Phi) is 4.58. The molecule has 96 valence electrons. The average molecular weight is 271 g/mol. The first-order valence-electron chi connectivity index (χ1n) is 5.80. The normalized spacial score (nSPS) is 9.68. The van der Waals surface area contributed by atoms with Gasteiger partial charge in [-0.1, -0.05) is 24.3 Å². The van der Waals surface area contributed by atoms with Crippen molar-refractivity contribution < 1.29 is 4.79 Å². The number of carbonyl (C=O) groups excluding carboxylic acids is 1. The van der Waals surface area contributed by atoms with Gasteiger partial charge >= 0.3 is 0 Å². The SMILES string of the molecule is O=C(NC(=S)NCc1ccccn1)c1ccccc1. The molecular formula is C14H13N3OS. The summed E-state index contributed by atoms with van der Waals surface area (Å²) in [6.07, 6.45) is 1.71. The maximum absolute atomic E-state index is 11.8. The van der Waals surface area contributed by atoms with Crippen molar-refractivity contribution >= 4 is 23.2 Å². The molecule has 1 amide bonds. The third kappa shape index (κ3) is 4.15. The van der Waals surface area contributed by atoms with Crippen molar-refractivity contribution in [1.82, 2.24) is 15.6 Å². The van der Waals surface area contributed by atoms with Crippen molar-refractivity contribution in [2.24, 2.45) is 0 Å². The van der Waals surface area contributed by atoms with Gasteiger partial charge in [0.05, 0.1) is 12.2 Å². The molecule has 0 aliphatic heterocycles. The molecule has 2 N–H and O–H groups in total. The van der Waals surface area contributed by atoms with E-state index in [1.807, 2.05) is 24.3 Å². The van der Waals surface area contributed by atoms with E-state index in [-0.39, 0.29) is 5.91 Å². The monoisotopic (exact) mass is 271 g/mol. The lowest BCUT2D eigenvalue weighted by molar-refractivity contribution is 0.0976. The lowest BCUT2D eigenvalue weighted by Gasteiger charge is -2.09. The summed E-state index contributed by atoms with van der Waals surface area (Å²) in [4.78, 5) is 16.0. The average Bonchev–Trinajstić information content (AvgIpc) is 2.47. The van der Waals surface area contributed by atoms with Gasteiger partial charge in [0.25, 0.3) is 5.91 Å². The lowest BCUT2D eigenvalue weighted by atomic mass is 10.2. The molecule has 2 rings (SSSR count). The van der Waals surface area contributed by atoms with Crippen LogP contribution in [0, 0.1) is 0 Å². The van der Waals surface area contributed by atoms with Crippen LogP contribution in [0.1, 0.15) is 16.1 Å². The smallest absolute Gasteiger partial charge is 0.257 e. The summed E-state index contributed by atoms with van der Waals surface area (Å²) in [5, 5.41) is 5.85. The van der Waals surface area contributed by atoms with E-state index in [1.165, 1.54) is 0 Å². The molecule has 0 saturated heterocycles. The predicted octanol–water partition coefficient (Wildman–Crippen LogP) is 1.89. The third-order valence-electron chi connectivity index (χ3n) is 2.42. The summed E-state index contributed by atoms with van der Waals surface area (Å²) < 4.78 is 0. The minimum absolute atomic E-state index is 0.223. The number of amides is 1. The van der Waals surface area contributed by atoms with Crippen molar-refractivity contribution in [3.8, 4) is 0 Å². The van der Waals surface area contributed by atoms with Gasteiger partial charge in [-0.3, -0.25) is 15.1 Å². The van der Waals surface area contributed by atoms with Crippen molar-refractivity contribution in [1.29, 1.82) is 0 Å². The zero-order valence-corrected chi connectivity index (χ0v) is 11.0. The number of hydrogen-bond donors (Lipinski definition) is 2. The minimum atomic E-state index is -0.223. The second kappa shape index (κ2) is 6.61. The van der Waals surface area contributed by atoms with Crippen molar-refractivity contribution in [2.75, 3.05) is 0 Å². The Hall–Kier alpha value is -2.27. The Balaban J connectivity index is 1.83. The van der Waals surface area contributed by atoms with Gasteiger partial charge in [0.2, 0.25) is 0 Å². The lowest BCUT2D eigenvalue weighted by Crippen LogP contribution is -2.38. The van der Waals surface area contributed by atoms with Gasteiger partial charge in [0.15, 0.2) is 5.11 Å². The summed E-state index contributed by atoms with van der Waals surface area (Å²) in [5.74, 6) is -0.223. The van der Waals surface area contributed by atoms with Crippen molar-refractivity contribution in [3.63, 3.8) is 0 Å². The molecule has 0 unspecified atom stereocenters. The number of nitrogens with one attached hydrogen (secondary N) is 2. The van der Waals surface area contributed by atoms with Crippen LogP contribution in [0.15, 0.2) is 54.7 Å². The van der Waals surface area contributed by atoms with Crippen LogP contribution in [0.5, 0.6) is 0 Å². The van der Waals surface area contributed by atoms with E-state index in [1.54, 1.807) is 30.5 Å². The maximum atomic E-state index is 11.8. The number of thiocarbonyl (C=S) groups is 1. The zero-order chi connectivity index (χ0) is 13.5. The standard InChI is InChI=1S/C14H13N3OS/c18-13(11-6-2-1-3-7-11)17-14(19)16-10-12-8-4-5-9-15-12/h1-9H,10H2,(H2,16,17,18,19). The molecule has 2 aromatic rings. The molecule has 19 heavy (non-hydrogen) atoms. The third-order valence-corrected chi connectivity index (χ3v) is 2.67. The molecule has 1 aromatic heterocycles. The number of carbonyl (C=O) groups is 1. The van der Waals surface area contributed by atoms with Crippen LogP contribution in [-0.4, -0.2) is 16.0 Å². The van der Waals surface area contributed by atoms with E-state index in [4.69, 9.17) is 12.2 Å². The highest BCUT2D eigenvalue weighted by Gasteiger charge is 2.06. The Labute approximate surface area is 116 Å². The van der Waals surface area contributed by atoms with Gasteiger partial charge in [-0.2, -0.15) is 0 Å². The Morgan fingerprint density at radius 1 is 1.11 bits per heavy atom. The Morgan fingerprint density at radius 3 is 2.53 bits per heavy atom. The van der Waals surface area contributed by atoms with Crippen molar-refractivity contribution in [3.05, 3.63) is 66.0 Å². The number of rotatable bonds is 3. The van der Waals surface area contributed by atoms with Gasteiger partial charge in [0, 0.05) is 11.8 Å². The zero-order valence-electron chi connectivity index (χ0n) is 10.2. The van der Waals surface area contributed by atoms with Crippen LogP contribution in [0.4, 0.5) is 0 Å². The molecule has 0 fully saturated rings. The molecular weight excluding hydrogens is 258 g/mol. The molecule has 0 saturated carbocycles. The first-order chi connectivity index (χ1) is 9.25. The van der Waals surface area contributed by atoms with E-state index in [0.717, 1.165) is 5.69 Å². The molecule has 0 aliphatic rings. The van der Waals surface area contributed by atoms with Gasteiger partial charge in [-0.05, 0) is 36.5 Å². The highest BCUT2D eigenvalue weighted by Crippen LogP contribution is 1.97. The molecule has 0 radical (unpaired) electrons. The van der Waals surface area contributed by atoms with Crippen LogP contribution in [-0.2, 0) is 6.54 Å². The van der Waals surface area contributed by atoms with Gasteiger partial charge in [-0.15, -0.1) is 0 Å². The molecule has 1 heterocycles. The fraction of sp³-hybridized carbons (Fsp3) is 0.0714. The van der Waals surface area contributed by atoms with E-state index in [9.17, 15) is 4.79 Å². The summed E-state index contributed by atoms with van der Waals surface area (Å²) in [7, 11) is 0. The number of aromatic nitrogens is 1. The Morgan fingerprint density at radius 2 is 1.84 bits per heavy atom. The highest BCUT2D eigenvalue weighted by atomic mass is 32.1. The maximum Gasteiger partial charge on any atom is 0.257 e. The molecule has 4 nitrogen and oxygen atoms in total. The molecule has 0 atom stereocenters. The van der Waals surface area contributed by atoms with Crippen LogP contribution in [0.3, 0.4) is 0 Å². The topological polar surface area (TPSA) is 54.0 Å².